The van der Waals surface area contributed by atoms with Crippen LogP contribution in [0, 0.1) is 0 Å². The number of carbonyl (C=O) groups excluding carboxylic acids is 3. The number of nitrogens with zero attached hydrogens (tertiary/aromatic N) is 4. The Morgan fingerprint density at radius 1 is 1.26 bits per heavy atom. The van der Waals surface area contributed by atoms with Crippen molar-refractivity contribution in [2.24, 2.45) is 12.8 Å². The lowest BCUT2D eigenvalue weighted by molar-refractivity contribution is -0.149. The number of likely N-dealkylation sites (tertiary alicyclic amines) is 1. The molecule has 9 heteroatoms. The van der Waals surface area contributed by atoms with Crippen molar-refractivity contribution in [2.75, 3.05) is 11.9 Å². The number of amides is 3. The minimum absolute atomic E-state index is 0.151. The second-order valence-electron chi connectivity index (χ2n) is 6.81. The number of hydrogen-bond donors (Lipinski definition) is 2. The third-order valence-corrected chi connectivity index (χ3v) is 4.98. The monoisotopic (exact) mass is 370 g/mol. The lowest BCUT2D eigenvalue weighted by Crippen LogP contribution is -2.54. The van der Waals surface area contributed by atoms with E-state index in [1.807, 2.05) is 20.0 Å². The molecule has 0 spiro atoms. The van der Waals surface area contributed by atoms with Gasteiger partial charge in [0.1, 0.15) is 0 Å². The molecule has 1 atom stereocenters. The van der Waals surface area contributed by atoms with E-state index in [-0.39, 0.29) is 11.3 Å². The first-order valence-electron chi connectivity index (χ1n) is 8.69. The lowest BCUT2D eigenvalue weighted by Gasteiger charge is -2.44. The molecule has 3 N–H and O–H groups in total. The average Bonchev–Trinajstić information content (AvgIpc) is 3.08. The van der Waals surface area contributed by atoms with E-state index in [9.17, 15) is 14.4 Å². The van der Waals surface area contributed by atoms with Gasteiger partial charge in [0.05, 0.1) is 28.7 Å². The van der Waals surface area contributed by atoms with Crippen LogP contribution in [0.2, 0.25) is 0 Å². The van der Waals surface area contributed by atoms with Crippen LogP contribution in [-0.4, -0.2) is 43.9 Å². The van der Waals surface area contributed by atoms with Gasteiger partial charge >= 0.3 is 11.8 Å². The van der Waals surface area contributed by atoms with Crippen LogP contribution in [0.1, 0.15) is 42.2 Å². The molecule has 3 rings (SSSR count). The second-order valence-corrected chi connectivity index (χ2v) is 6.81. The van der Waals surface area contributed by atoms with Gasteiger partial charge in [0.2, 0.25) is 5.91 Å². The first-order valence-corrected chi connectivity index (χ1v) is 8.69. The predicted molar refractivity (Wildman–Crippen MR) is 97.5 cm³/mol. The molecular weight excluding hydrogens is 348 g/mol. The number of nitrogens with one attached hydrogen (secondary N) is 1. The Kier molecular flexibility index (Phi) is 4.93. The van der Waals surface area contributed by atoms with Crippen LogP contribution >= 0.6 is 0 Å². The third-order valence-electron chi connectivity index (χ3n) is 4.98. The van der Waals surface area contributed by atoms with Gasteiger partial charge in [-0.15, -0.1) is 0 Å². The first kappa shape index (κ1) is 18.6. The molecule has 2 aromatic heterocycles. The zero-order valence-electron chi connectivity index (χ0n) is 15.3. The minimum Gasteiger partial charge on any atom is -0.366 e. The molecule has 9 nitrogen and oxygen atoms in total. The Morgan fingerprint density at radius 2 is 2.04 bits per heavy atom. The Bertz CT molecular complexity index is 893. The molecule has 1 fully saturated rings. The molecule has 0 unspecified atom stereocenters. The summed E-state index contributed by atoms with van der Waals surface area (Å²) in [5, 5.41) is 6.70. The number of piperidine rings is 1. The molecule has 0 aromatic carbocycles. The minimum atomic E-state index is -0.784. The van der Waals surface area contributed by atoms with Gasteiger partial charge in [-0.25, -0.2) is 0 Å². The number of aromatic nitrogens is 3. The van der Waals surface area contributed by atoms with E-state index >= 15 is 0 Å². The topological polar surface area (TPSA) is 123 Å². The molecular formula is C18H22N6O3. The maximum atomic E-state index is 12.9. The molecule has 1 aliphatic rings. The lowest BCUT2D eigenvalue weighted by atomic mass is 9.85. The summed E-state index contributed by atoms with van der Waals surface area (Å²) >= 11 is 0. The van der Waals surface area contributed by atoms with Crippen LogP contribution in [-0.2, 0) is 22.2 Å². The van der Waals surface area contributed by atoms with E-state index in [4.69, 9.17) is 5.73 Å². The molecule has 27 heavy (non-hydrogen) atoms. The van der Waals surface area contributed by atoms with Crippen molar-refractivity contribution in [2.45, 2.75) is 31.7 Å². The summed E-state index contributed by atoms with van der Waals surface area (Å²) in [4.78, 5) is 42.2. The van der Waals surface area contributed by atoms with Crippen LogP contribution in [0.4, 0.5) is 5.69 Å². The highest BCUT2D eigenvalue weighted by Gasteiger charge is 2.42. The highest BCUT2D eigenvalue weighted by Crippen LogP contribution is 2.37. The van der Waals surface area contributed by atoms with Gasteiger partial charge in [-0.2, -0.15) is 5.10 Å². The van der Waals surface area contributed by atoms with Crippen molar-refractivity contribution < 1.29 is 14.4 Å². The smallest absolute Gasteiger partial charge is 0.313 e. The average molecular weight is 370 g/mol. The van der Waals surface area contributed by atoms with Gasteiger partial charge in [-0.05, 0) is 38.3 Å². The Morgan fingerprint density at radius 3 is 2.70 bits per heavy atom. The number of carbonyl (C=O) groups is 3. The molecule has 0 saturated carbocycles. The summed E-state index contributed by atoms with van der Waals surface area (Å²) in [5.41, 5.74) is 5.87. The molecule has 1 aliphatic heterocycles. The molecule has 2 aromatic rings. The van der Waals surface area contributed by atoms with Crippen molar-refractivity contribution in [3.05, 3.63) is 42.0 Å². The van der Waals surface area contributed by atoms with E-state index in [0.29, 0.717) is 6.54 Å². The normalized spacial score (nSPS) is 19.6. The highest BCUT2D eigenvalue weighted by atomic mass is 16.2. The number of nitrogens with two attached hydrogens (primary N) is 1. The second kappa shape index (κ2) is 7.18. The number of hydrogen-bond acceptors (Lipinski definition) is 5. The predicted octanol–water partition coefficient (Wildman–Crippen LogP) is 0.780. The Labute approximate surface area is 156 Å². The van der Waals surface area contributed by atoms with Gasteiger partial charge in [0.25, 0.3) is 0 Å². The van der Waals surface area contributed by atoms with Crippen LogP contribution in [0.5, 0.6) is 0 Å². The van der Waals surface area contributed by atoms with Crippen molar-refractivity contribution in [1.82, 2.24) is 19.7 Å². The zero-order valence-corrected chi connectivity index (χ0v) is 15.3. The summed E-state index contributed by atoms with van der Waals surface area (Å²) in [6, 6.07) is 3.25. The molecule has 1 saturated heterocycles. The van der Waals surface area contributed by atoms with Crippen molar-refractivity contribution in [3.8, 4) is 0 Å². The van der Waals surface area contributed by atoms with Crippen LogP contribution in [0.3, 0.4) is 0 Å². The van der Waals surface area contributed by atoms with E-state index in [0.717, 1.165) is 25.0 Å². The standard InChI is InChI=1S/C18H22N6O3/c1-18(14-5-7-21-23(14)2)6-3-4-8-24(18)17(27)16(26)22-13-9-12(15(19)25)10-20-11-13/h5,7,9-11H,3-4,6,8H2,1-2H3,(H2,19,25)(H,22,26)/t18-/m0/s1. The van der Waals surface area contributed by atoms with E-state index in [1.54, 1.807) is 15.8 Å². The number of aryl methyl sites for hydroxylation is 1. The quantitative estimate of drug-likeness (QED) is 0.773. The molecule has 3 amide bonds. The van der Waals surface area contributed by atoms with Crippen molar-refractivity contribution >= 4 is 23.4 Å². The zero-order chi connectivity index (χ0) is 19.6. The van der Waals surface area contributed by atoms with E-state index in [2.05, 4.69) is 15.4 Å². The van der Waals surface area contributed by atoms with Gasteiger partial charge in [-0.3, -0.25) is 24.0 Å². The Hall–Kier alpha value is -3.23. The number of anilines is 1. The van der Waals surface area contributed by atoms with Crippen LogP contribution in [0.25, 0.3) is 0 Å². The molecule has 0 bridgehead atoms. The summed E-state index contributed by atoms with van der Waals surface area (Å²) in [7, 11) is 1.82. The van der Waals surface area contributed by atoms with E-state index < -0.39 is 23.3 Å². The summed E-state index contributed by atoms with van der Waals surface area (Å²) in [6.45, 7) is 2.43. The van der Waals surface area contributed by atoms with Crippen LogP contribution in [0.15, 0.2) is 30.7 Å². The molecule has 142 valence electrons. The van der Waals surface area contributed by atoms with Gasteiger partial charge in [0.15, 0.2) is 0 Å². The van der Waals surface area contributed by atoms with Gasteiger partial charge in [-0.1, -0.05) is 0 Å². The fourth-order valence-electron chi connectivity index (χ4n) is 3.57. The maximum absolute atomic E-state index is 12.9. The van der Waals surface area contributed by atoms with E-state index in [1.165, 1.54) is 18.5 Å². The number of primary amides is 1. The van der Waals surface area contributed by atoms with Gasteiger partial charge < -0.3 is 16.0 Å². The third kappa shape index (κ3) is 3.53. The summed E-state index contributed by atoms with van der Waals surface area (Å²) in [6.07, 6.45) is 6.85. The van der Waals surface area contributed by atoms with Gasteiger partial charge in [0, 0.05) is 26.0 Å². The van der Waals surface area contributed by atoms with Crippen LogP contribution < -0.4 is 11.1 Å². The SMILES string of the molecule is Cn1nccc1[C@]1(C)CCCCN1C(=O)C(=O)Nc1cncc(C(N)=O)c1. The summed E-state index contributed by atoms with van der Waals surface area (Å²) in [5.74, 6) is -2.08. The van der Waals surface area contributed by atoms with Crippen molar-refractivity contribution in [3.63, 3.8) is 0 Å². The van der Waals surface area contributed by atoms with Crippen molar-refractivity contribution in [1.29, 1.82) is 0 Å². The molecule has 3 heterocycles. The number of rotatable bonds is 3. The first-order chi connectivity index (χ1) is 12.8. The largest absolute Gasteiger partial charge is 0.366 e. The molecule has 0 aliphatic carbocycles. The Balaban J connectivity index is 1.83. The molecule has 0 radical (unpaired) electrons. The highest BCUT2D eigenvalue weighted by molar-refractivity contribution is 6.39. The fraction of sp³-hybridized carbons (Fsp3) is 0.389. The summed E-state index contributed by atoms with van der Waals surface area (Å²) < 4.78 is 1.73. The number of pyridine rings is 1. The fourth-order valence-corrected chi connectivity index (χ4v) is 3.57. The maximum Gasteiger partial charge on any atom is 0.313 e.